The zero-order valence-corrected chi connectivity index (χ0v) is 18.3. The monoisotopic (exact) mass is 456 g/mol. The van der Waals surface area contributed by atoms with Crippen LogP contribution >= 0.6 is 11.8 Å². The first-order valence-corrected chi connectivity index (χ1v) is 11.1. The quantitative estimate of drug-likeness (QED) is 0.318. The fraction of sp³-hybridized carbons (Fsp3) is 0.0385. The zero-order chi connectivity index (χ0) is 23.2. The van der Waals surface area contributed by atoms with Gasteiger partial charge in [0, 0.05) is 21.7 Å². The zero-order valence-electron chi connectivity index (χ0n) is 17.4. The molecular weight excluding hydrogens is 436 g/mol. The van der Waals surface area contributed by atoms with Gasteiger partial charge in [-0.1, -0.05) is 54.6 Å². The number of hydrogen-bond donors (Lipinski definition) is 3. The third-order valence-corrected chi connectivity index (χ3v) is 5.92. The molecule has 3 N–H and O–H groups in total. The van der Waals surface area contributed by atoms with Crippen LogP contribution < -0.4 is 10.6 Å². The van der Waals surface area contributed by atoms with Crippen molar-refractivity contribution in [3.8, 4) is 0 Å². The molecule has 164 valence electrons. The predicted molar refractivity (Wildman–Crippen MR) is 131 cm³/mol. The maximum atomic E-state index is 12.6. The van der Waals surface area contributed by atoms with Crippen LogP contribution in [-0.2, 0) is 4.79 Å². The molecule has 0 unspecified atom stereocenters. The summed E-state index contributed by atoms with van der Waals surface area (Å²) in [4.78, 5) is 37.3. The molecule has 33 heavy (non-hydrogen) atoms. The first kappa shape index (κ1) is 22.1. The lowest BCUT2D eigenvalue weighted by Crippen LogP contribution is -2.16. The van der Waals surface area contributed by atoms with Crippen molar-refractivity contribution in [1.82, 2.24) is 0 Å². The van der Waals surface area contributed by atoms with Crippen LogP contribution in [-0.4, -0.2) is 28.6 Å². The highest BCUT2D eigenvalue weighted by atomic mass is 32.2. The summed E-state index contributed by atoms with van der Waals surface area (Å²) in [6, 6.07) is 26.7. The predicted octanol–water partition coefficient (Wildman–Crippen LogP) is 5.52. The summed E-state index contributed by atoms with van der Waals surface area (Å²) in [6.45, 7) is 0. The number of carboxylic acids is 1. The molecule has 0 bridgehead atoms. The molecule has 0 saturated carbocycles. The van der Waals surface area contributed by atoms with Crippen molar-refractivity contribution in [1.29, 1.82) is 0 Å². The Morgan fingerprint density at radius 3 is 2.27 bits per heavy atom. The van der Waals surface area contributed by atoms with Crippen LogP contribution in [0.15, 0.2) is 95.9 Å². The van der Waals surface area contributed by atoms with E-state index < -0.39 is 11.9 Å². The molecule has 0 heterocycles. The summed E-state index contributed by atoms with van der Waals surface area (Å²) in [5.41, 5.74) is 1.29. The second kappa shape index (κ2) is 10.0. The smallest absolute Gasteiger partial charge is 0.336 e. The summed E-state index contributed by atoms with van der Waals surface area (Å²) < 4.78 is 0. The minimum absolute atomic E-state index is 0.0642. The molecule has 7 heteroatoms. The molecule has 0 aliphatic carbocycles. The van der Waals surface area contributed by atoms with Gasteiger partial charge in [-0.3, -0.25) is 9.59 Å². The Morgan fingerprint density at radius 1 is 0.758 bits per heavy atom. The van der Waals surface area contributed by atoms with Gasteiger partial charge in [-0.05, 0) is 41.8 Å². The molecule has 4 aromatic rings. The van der Waals surface area contributed by atoms with Gasteiger partial charge in [0.15, 0.2) is 0 Å². The Bertz CT molecular complexity index is 1350. The highest BCUT2D eigenvalue weighted by Crippen LogP contribution is 2.25. The molecule has 0 aromatic heterocycles. The van der Waals surface area contributed by atoms with Crippen LogP contribution in [0.4, 0.5) is 11.4 Å². The van der Waals surface area contributed by atoms with Gasteiger partial charge >= 0.3 is 5.97 Å². The Kier molecular flexibility index (Phi) is 6.71. The molecule has 0 aliphatic heterocycles. The number of thioether (sulfide) groups is 1. The van der Waals surface area contributed by atoms with Crippen LogP contribution in [0, 0.1) is 0 Å². The molecule has 4 rings (SSSR count). The number of fused-ring (bicyclic) bond motifs is 1. The molecule has 6 nitrogen and oxygen atoms in total. The number of anilines is 2. The lowest BCUT2D eigenvalue weighted by molar-refractivity contribution is -0.113. The van der Waals surface area contributed by atoms with E-state index >= 15 is 0 Å². The normalized spacial score (nSPS) is 10.5. The minimum atomic E-state index is -1.16. The lowest BCUT2D eigenvalue weighted by Gasteiger charge is -2.10. The molecule has 2 amide bonds. The molecule has 4 aromatic carbocycles. The van der Waals surface area contributed by atoms with E-state index in [2.05, 4.69) is 10.6 Å². The van der Waals surface area contributed by atoms with E-state index in [1.165, 1.54) is 23.9 Å². The van der Waals surface area contributed by atoms with Crippen LogP contribution in [0.2, 0.25) is 0 Å². The second-order valence-electron chi connectivity index (χ2n) is 7.20. The molecule has 0 fully saturated rings. The van der Waals surface area contributed by atoms with E-state index in [-0.39, 0.29) is 22.8 Å². The van der Waals surface area contributed by atoms with Gasteiger partial charge in [-0.25, -0.2) is 4.79 Å². The molecule has 0 radical (unpaired) electrons. The van der Waals surface area contributed by atoms with Gasteiger partial charge < -0.3 is 15.7 Å². The number of carbonyl (C=O) groups excluding carboxylic acids is 2. The molecule has 0 saturated heterocycles. The Morgan fingerprint density at radius 2 is 1.45 bits per heavy atom. The van der Waals surface area contributed by atoms with Crippen LogP contribution in [0.1, 0.15) is 20.7 Å². The average Bonchev–Trinajstić information content (AvgIpc) is 2.83. The first-order chi connectivity index (χ1) is 16.0. The van der Waals surface area contributed by atoms with E-state index in [1.807, 2.05) is 48.5 Å². The SMILES string of the molecule is O=C(CSc1cccc(NC(=O)c2ccccc2C(=O)O)c1)Nc1cccc2ccccc12. The number of hydrogen-bond acceptors (Lipinski definition) is 4. The largest absolute Gasteiger partial charge is 0.478 e. The minimum Gasteiger partial charge on any atom is -0.478 e. The first-order valence-electron chi connectivity index (χ1n) is 10.2. The van der Waals surface area contributed by atoms with Crippen molar-refractivity contribution < 1.29 is 19.5 Å². The number of benzene rings is 4. The van der Waals surface area contributed by atoms with Gasteiger partial charge in [0.25, 0.3) is 5.91 Å². The van der Waals surface area contributed by atoms with E-state index in [0.717, 1.165) is 21.4 Å². The number of carbonyl (C=O) groups is 3. The fourth-order valence-electron chi connectivity index (χ4n) is 3.40. The van der Waals surface area contributed by atoms with E-state index in [9.17, 15) is 19.5 Å². The summed E-state index contributed by atoms with van der Waals surface area (Å²) >= 11 is 1.34. The third-order valence-electron chi connectivity index (χ3n) is 4.93. The standard InChI is InChI=1S/C26H20N2O4S/c29-24(28-23-14-5-8-17-7-1-2-11-20(17)23)16-33-19-10-6-9-18(15-19)27-25(30)21-12-3-4-13-22(21)26(31)32/h1-15H,16H2,(H,27,30)(H,28,29)(H,31,32). The number of nitrogens with one attached hydrogen (secondary N) is 2. The average molecular weight is 457 g/mol. The summed E-state index contributed by atoms with van der Waals surface area (Å²) in [5.74, 6) is -1.62. The van der Waals surface area contributed by atoms with Gasteiger partial charge in [-0.2, -0.15) is 0 Å². The van der Waals surface area contributed by atoms with Gasteiger partial charge in [0.05, 0.1) is 16.9 Å². The van der Waals surface area contributed by atoms with Crippen molar-refractivity contribution in [3.05, 3.63) is 102 Å². The van der Waals surface area contributed by atoms with E-state index in [4.69, 9.17) is 0 Å². The topological polar surface area (TPSA) is 95.5 Å². The van der Waals surface area contributed by atoms with E-state index in [0.29, 0.717) is 5.69 Å². The molecule has 0 atom stereocenters. The van der Waals surface area contributed by atoms with Crippen molar-refractivity contribution >= 4 is 51.7 Å². The van der Waals surface area contributed by atoms with Crippen LogP contribution in [0.5, 0.6) is 0 Å². The number of rotatable bonds is 7. The van der Waals surface area contributed by atoms with Crippen molar-refractivity contribution in [2.75, 3.05) is 16.4 Å². The number of carboxylic acid groups (broad SMARTS) is 1. The maximum Gasteiger partial charge on any atom is 0.336 e. The summed E-state index contributed by atoms with van der Waals surface area (Å²) in [6.07, 6.45) is 0. The Labute approximate surface area is 194 Å². The summed E-state index contributed by atoms with van der Waals surface area (Å²) in [7, 11) is 0. The highest BCUT2D eigenvalue weighted by Gasteiger charge is 2.16. The number of aromatic carboxylic acids is 1. The van der Waals surface area contributed by atoms with Crippen LogP contribution in [0.3, 0.4) is 0 Å². The van der Waals surface area contributed by atoms with Crippen molar-refractivity contribution in [2.45, 2.75) is 4.90 Å². The fourth-order valence-corrected chi connectivity index (χ4v) is 4.15. The van der Waals surface area contributed by atoms with Crippen molar-refractivity contribution in [2.24, 2.45) is 0 Å². The van der Waals surface area contributed by atoms with Crippen molar-refractivity contribution in [3.63, 3.8) is 0 Å². The Hall–Kier alpha value is -4.10. The number of amides is 2. The molecule has 0 spiro atoms. The second-order valence-corrected chi connectivity index (χ2v) is 8.25. The Balaban J connectivity index is 1.40. The lowest BCUT2D eigenvalue weighted by atomic mass is 10.1. The van der Waals surface area contributed by atoms with Crippen LogP contribution in [0.25, 0.3) is 10.8 Å². The maximum absolute atomic E-state index is 12.6. The summed E-state index contributed by atoms with van der Waals surface area (Å²) in [5, 5.41) is 17.0. The molecular formula is C26H20N2O4S. The highest BCUT2D eigenvalue weighted by molar-refractivity contribution is 8.00. The van der Waals surface area contributed by atoms with E-state index in [1.54, 1.807) is 30.3 Å². The third kappa shape index (κ3) is 5.39. The van der Waals surface area contributed by atoms with Gasteiger partial charge in [-0.15, -0.1) is 11.8 Å². The van der Waals surface area contributed by atoms with Gasteiger partial charge in [0.1, 0.15) is 0 Å². The van der Waals surface area contributed by atoms with Gasteiger partial charge in [0.2, 0.25) is 5.91 Å². The molecule has 0 aliphatic rings.